The monoisotopic (exact) mass is 269 g/mol. The molecular weight excluding hydrogens is 242 g/mol. The molecule has 1 aliphatic rings. The van der Waals surface area contributed by atoms with E-state index in [4.69, 9.17) is 5.11 Å². The fraction of sp³-hybridized carbons (Fsp3) is 0.867. The number of rotatable bonds is 6. The second-order valence-corrected chi connectivity index (χ2v) is 6.54. The van der Waals surface area contributed by atoms with E-state index in [0.29, 0.717) is 12.5 Å². The van der Waals surface area contributed by atoms with Crippen LogP contribution in [0.25, 0.3) is 0 Å². The van der Waals surface area contributed by atoms with Crippen LogP contribution in [0.3, 0.4) is 0 Å². The Hall–Kier alpha value is -1.06. The molecular formula is C15H27NO3. The molecule has 0 aromatic carbocycles. The first-order valence-electron chi connectivity index (χ1n) is 7.32. The van der Waals surface area contributed by atoms with Crippen LogP contribution in [-0.2, 0) is 9.59 Å². The minimum atomic E-state index is -0.922. The van der Waals surface area contributed by atoms with Crippen molar-refractivity contribution in [3.8, 4) is 0 Å². The largest absolute Gasteiger partial charge is 0.481 e. The number of hydrogen-bond acceptors (Lipinski definition) is 2. The van der Waals surface area contributed by atoms with Gasteiger partial charge in [-0.25, -0.2) is 0 Å². The molecule has 110 valence electrons. The first kappa shape index (κ1) is 16.0. The van der Waals surface area contributed by atoms with E-state index in [2.05, 4.69) is 19.2 Å². The van der Waals surface area contributed by atoms with E-state index >= 15 is 0 Å². The van der Waals surface area contributed by atoms with E-state index in [9.17, 15) is 9.59 Å². The number of carbonyl (C=O) groups is 2. The quantitative estimate of drug-likeness (QED) is 0.779. The molecule has 4 heteroatoms. The standard InChI is InChI=1S/C15H27NO3/c1-11(9-13(17)18)14(19)16-10-15(2,3)12-7-5-4-6-8-12/h11-12H,4-10H2,1-3H3,(H,16,19)(H,17,18). The number of carbonyl (C=O) groups excluding carboxylic acids is 1. The zero-order valence-corrected chi connectivity index (χ0v) is 12.4. The second kappa shape index (κ2) is 6.92. The molecule has 1 fully saturated rings. The van der Waals surface area contributed by atoms with E-state index in [1.807, 2.05) is 0 Å². The maximum Gasteiger partial charge on any atom is 0.304 e. The van der Waals surface area contributed by atoms with Gasteiger partial charge in [0.25, 0.3) is 0 Å². The lowest BCUT2D eigenvalue weighted by molar-refractivity contribution is -0.140. The van der Waals surface area contributed by atoms with E-state index in [1.165, 1.54) is 32.1 Å². The average Bonchev–Trinajstić information content (AvgIpc) is 2.36. The second-order valence-electron chi connectivity index (χ2n) is 6.54. The topological polar surface area (TPSA) is 66.4 Å². The highest BCUT2D eigenvalue weighted by atomic mass is 16.4. The van der Waals surface area contributed by atoms with Gasteiger partial charge in [-0.1, -0.05) is 40.0 Å². The van der Waals surface area contributed by atoms with E-state index < -0.39 is 11.9 Å². The molecule has 2 N–H and O–H groups in total. The number of hydrogen-bond donors (Lipinski definition) is 2. The Bertz CT molecular complexity index is 319. The van der Waals surface area contributed by atoms with Gasteiger partial charge >= 0.3 is 5.97 Å². The summed E-state index contributed by atoms with van der Waals surface area (Å²) in [6.07, 6.45) is 6.29. The van der Waals surface area contributed by atoms with Gasteiger partial charge in [-0.15, -0.1) is 0 Å². The van der Waals surface area contributed by atoms with Crippen molar-refractivity contribution in [1.82, 2.24) is 5.32 Å². The van der Waals surface area contributed by atoms with Crippen LogP contribution in [0.4, 0.5) is 0 Å². The highest BCUT2D eigenvalue weighted by molar-refractivity contribution is 5.82. The summed E-state index contributed by atoms with van der Waals surface area (Å²) in [6, 6.07) is 0. The van der Waals surface area contributed by atoms with Crippen molar-refractivity contribution in [3.05, 3.63) is 0 Å². The summed E-state index contributed by atoms with van der Waals surface area (Å²) in [7, 11) is 0. The molecule has 0 bridgehead atoms. The first-order chi connectivity index (χ1) is 8.83. The van der Waals surface area contributed by atoms with Crippen LogP contribution in [0.1, 0.15) is 59.3 Å². The highest BCUT2D eigenvalue weighted by Crippen LogP contribution is 2.37. The molecule has 0 aromatic rings. The SMILES string of the molecule is CC(CC(=O)O)C(=O)NCC(C)(C)C1CCCCC1. The Morgan fingerprint density at radius 3 is 2.37 bits per heavy atom. The lowest BCUT2D eigenvalue weighted by Crippen LogP contribution is -2.41. The van der Waals surface area contributed by atoms with Crippen LogP contribution >= 0.6 is 0 Å². The van der Waals surface area contributed by atoms with Crippen molar-refractivity contribution in [2.45, 2.75) is 59.3 Å². The van der Waals surface area contributed by atoms with Crippen LogP contribution in [0.2, 0.25) is 0 Å². The molecule has 1 rings (SSSR count). The number of aliphatic carboxylic acids is 1. The lowest BCUT2D eigenvalue weighted by Gasteiger charge is -2.37. The zero-order chi connectivity index (χ0) is 14.5. The number of amides is 1. The van der Waals surface area contributed by atoms with Crippen molar-refractivity contribution in [2.75, 3.05) is 6.54 Å². The van der Waals surface area contributed by atoms with Crippen molar-refractivity contribution >= 4 is 11.9 Å². The molecule has 1 aliphatic carbocycles. The molecule has 19 heavy (non-hydrogen) atoms. The normalized spacial score (nSPS) is 18.9. The molecule has 0 aromatic heterocycles. The number of carboxylic acid groups (broad SMARTS) is 1. The Balaban J connectivity index is 2.41. The van der Waals surface area contributed by atoms with Gasteiger partial charge in [-0.2, -0.15) is 0 Å². The summed E-state index contributed by atoms with van der Waals surface area (Å²) in [5, 5.41) is 11.6. The molecule has 1 saturated carbocycles. The molecule has 0 spiro atoms. The zero-order valence-electron chi connectivity index (χ0n) is 12.4. The fourth-order valence-electron chi connectivity index (χ4n) is 2.87. The predicted molar refractivity (Wildman–Crippen MR) is 74.8 cm³/mol. The summed E-state index contributed by atoms with van der Waals surface area (Å²) in [4.78, 5) is 22.4. The van der Waals surface area contributed by atoms with Crippen LogP contribution in [-0.4, -0.2) is 23.5 Å². The van der Waals surface area contributed by atoms with E-state index in [-0.39, 0.29) is 17.7 Å². The van der Waals surface area contributed by atoms with Crippen LogP contribution in [0.15, 0.2) is 0 Å². The number of carboxylic acids is 1. The maximum atomic E-state index is 11.8. The van der Waals surface area contributed by atoms with Crippen LogP contribution in [0, 0.1) is 17.3 Å². The minimum absolute atomic E-state index is 0.0963. The van der Waals surface area contributed by atoms with Crippen molar-refractivity contribution in [2.24, 2.45) is 17.3 Å². The Morgan fingerprint density at radius 1 is 1.26 bits per heavy atom. The summed E-state index contributed by atoms with van der Waals surface area (Å²) < 4.78 is 0. The van der Waals surface area contributed by atoms with E-state index in [0.717, 1.165) is 0 Å². The third kappa shape index (κ3) is 5.21. The van der Waals surface area contributed by atoms with Gasteiger partial charge in [-0.3, -0.25) is 9.59 Å². The molecule has 0 aliphatic heterocycles. The van der Waals surface area contributed by atoms with Crippen LogP contribution in [0.5, 0.6) is 0 Å². The lowest BCUT2D eigenvalue weighted by atomic mass is 9.71. The Labute approximate surface area is 116 Å². The number of nitrogens with one attached hydrogen (secondary N) is 1. The van der Waals surface area contributed by atoms with Crippen molar-refractivity contribution < 1.29 is 14.7 Å². The first-order valence-corrected chi connectivity index (χ1v) is 7.32. The third-order valence-electron chi connectivity index (χ3n) is 4.36. The van der Waals surface area contributed by atoms with Gasteiger partial charge in [-0.05, 0) is 24.2 Å². The third-order valence-corrected chi connectivity index (χ3v) is 4.36. The predicted octanol–water partition coefficient (Wildman–Crippen LogP) is 2.82. The average molecular weight is 269 g/mol. The Kier molecular flexibility index (Phi) is 5.83. The van der Waals surface area contributed by atoms with Gasteiger partial charge in [0.05, 0.1) is 6.42 Å². The minimum Gasteiger partial charge on any atom is -0.481 e. The van der Waals surface area contributed by atoms with Crippen LogP contribution < -0.4 is 5.32 Å². The van der Waals surface area contributed by atoms with Gasteiger partial charge in [0, 0.05) is 12.5 Å². The van der Waals surface area contributed by atoms with Gasteiger partial charge in [0.1, 0.15) is 0 Å². The fourth-order valence-corrected chi connectivity index (χ4v) is 2.87. The van der Waals surface area contributed by atoms with Crippen molar-refractivity contribution in [3.63, 3.8) is 0 Å². The molecule has 0 saturated heterocycles. The molecule has 1 unspecified atom stereocenters. The highest BCUT2D eigenvalue weighted by Gasteiger charge is 2.31. The summed E-state index contributed by atoms with van der Waals surface area (Å²) >= 11 is 0. The maximum absolute atomic E-state index is 11.8. The molecule has 0 heterocycles. The van der Waals surface area contributed by atoms with Gasteiger partial charge in [0.15, 0.2) is 0 Å². The van der Waals surface area contributed by atoms with E-state index in [1.54, 1.807) is 6.92 Å². The molecule has 0 radical (unpaired) electrons. The smallest absolute Gasteiger partial charge is 0.304 e. The molecule has 1 amide bonds. The molecule has 1 atom stereocenters. The summed E-state index contributed by atoms with van der Waals surface area (Å²) in [5.74, 6) is -0.864. The molecule has 4 nitrogen and oxygen atoms in total. The summed E-state index contributed by atoms with van der Waals surface area (Å²) in [6.45, 7) is 6.70. The van der Waals surface area contributed by atoms with Gasteiger partial charge < -0.3 is 10.4 Å². The van der Waals surface area contributed by atoms with Crippen molar-refractivity contribution in [1.29, 1.82) is 0 Å². The Morgan fingerprint density at radius 2 is 1.84 bits per heavy atom. The summed E-state index contributed by atoms with van der Waals surface area (Å²) in [5.41, 5.74) is 0.0963. The van der Waals surface area contributed by atoms with Gasteiger partial charge in [0.2, 0.25) is 5.91 Å².